The first-order chi connectivity index (χ1) is 16.4. The van der Waals surface area contributed by atoms with Gasteiger partial charge in [-0.25, -0.2) is 4.98 Å². The number of aliphatic hydroxyl groups excluding tert-OH is 1. The van der Waals surface area contributed by atoms with Crippen molar-refractivity contribution in [2.45, 2.75) is 6.10 Å². The van der Waals surface area contributed by atoms with Gasteiger partial charge in [0.1, 0.15) is 35.6 Å². The number of likely N-dealkylation sites (N-methyl/N-ethyl adjacent to an activating group) is 1. The molecule has 1 aromatic heterocycles. The smallest absolute Gasteiger partial charge is 0.256 e. The molecule has 1 heterocycles. The van der Waals surface area contributed by atoms with Gasteiger partial charge in [0, 0.05) is 37.2 Å². The number of anilines is 4. The molecule has 34 heavy (non-hydrogen) atoms. The zero-order valence-electron chi connectivity index (χ0n) is 19.7. The lowest BCUT2D eigenvalue weighted by Gasteiger charge is -2.16. The van der Waals surface area contributed by atoms with Crippen LogP contribution in [0.3, 0.4) is 0 Å². The van der Waals surface area contributed by atoms with E-state index in [1.54, 1.807) is 32.4 Å². The molecule has 2 aromatic carbocycles. The summed E-state index contributed by atoms with van der Waals surface area (Å²) in [7, 11) is 6.92. The van der Waals surface area contributed by atoms with Gasteiger partial charge in [-0.3, -0.25) is 4.79 Å². The van der Waals surface area contributed by atoms with Gasteiger partial charge in [0.2, 0.25) is 5.95 Å². The molecule has 0 aliphatic heterocycles. The van der Waals surface area contributed by atoms with Crippen molar-refractivity contribution in [3.63, 3.8) is 0 Å². The fourth-order valence-electron chi connectivity index (χ4n) is 3.11. The molecule has 0 fully saturated rings. The minimum absolute atomic E-state index is 0.203. The summed E-state index contributed by atoms with van der Waals surface area (Å²) in [5.74, 6) is 1.66. The largest absolute Gasteiger partial charge is 0.497 e. The summed E-state index contributed by atoms with van der Waals surface area (Å²) < 4.78 is 10.9. The van der Waals surface area contributed by atoms with Crippen molar-refractivity contribution in [3.8, 4) is 11.5 Å². The average molecular weight is 467 g/mol. The van der Waals surface area contributed by atoms with E-state index < -0.39 is 6.10 Å². The second-order valence-corrected chi connectivity index (χ2v) is 7.77. The van der Waals surface area contributed by atoms with Gasteiger partial charge >= 0.3 is 0 Å². The van der Waals surface area contributed by atoms with Gasteiger partial charge in [-0.05, 0) is 50.5 Å². The monoisotopic (exact) mass is 466 g/mol. The quantitative estimate of drug-likeness (QED) is 0.338. The third kappa shape index (κ3) is 7.06. The molecule has 0 aliphatic carbocycles. The number of aromatic nitrogens is 2. The van der Waals surface area contributed by atoms with Crippen LogP contribution in [-0.2, 0) is 0 Å². The Bertz CT molecular complexity index is 1090. The van der Waals surface area contributed by atoms with E-state index in [9.17, 15) is 9.90 Å². The van der Waals surface area contributed by atoms with Crippen LogP contribution in [0.5, 0.6) is 11.5 Å². The highest BCUT2D eigenvalue weighted by atomic mass is 16.5. The van der Waals surface area contributed by atoms with Crippen LogP contribution in [0, 0.1) is 0 Å². The first-order valence-corrected chi connectivity index (χ1v) is 10.7. The summed E-state index contributed by atoms with van der Waals surface area (Å²) in [4.78, 5) is 23.0. The first-order valence-electron chi connectivity index (χ1n) is 10.7. The summed E-state index contributed by atoms with van der Waals surface area (Å²) in [6.07, 6.45) is 0.885. The number of carbonyl (C=O) groups excluding carboxylic acids is 1. The van der Waals surface area contributed by atoms with Gasteiger partial charge in [-0.2, -0.15) is 4.98 Å². The number of rotatable bonds is 11. The molecule has 3 rings (SSSR count). The Kier molecular flexibility index (Phi) is 8.60. The summed E-state index contributed by atoms with van der Waals surface area (Å²) >= 11 is 0. The number of hydrogen-bond donors (Lipinski definition) is 4. The van der Waals surface area contributed by atoms with E-state index in [4.69, 9.17) is 9.47 Å². The predicted octanol–water partition coefficient (Wildman–Crippen LogP) is 2.63. The lowest BCUT2D eigenvalue weighted by molar-refractivity contribution is 0.0831. The highest BCUT2D eigenvalue weighted by molar-refractivity contribution is 5.99. The number of nitrogens with zero attached hydrogens (tertiary/aromatic N) is 3. The molecule has 10 nitrogen and oxygen atoms in total. The number of nitrogens with one attached hydrogen (secondary N) is 3. The van der Waals surface area contributed by atoms with E-state index >= 15 is 0 Å². The summed E-state index contributed by atoms with van der Waals surface area (Å²) in [5.41, 5.74) is 1.75. The lowest BCUT2D eigenvalue weighted by Crippen LogP contribution is -2.30. The van der Waals surface area contributed by atoms with E-state index in [0.717, 1.165) is 5.69 Å². The Morgan fingerprint density at radius 1 is 1.09 bits per heavy atom. The minimum Gasteiger partial charge on any atom is -0.497 e. The maximum Gasteiger partial charge on any atom is 0.256 e. The number of methoxy groups -OCH3 is 1. The van der Waals surface area contributed by atoms with Crippen LogP contribution < -0.4 is 25.4 Å². The van der Waals surface area contributed by atoms with Gasteiger partial charge in [0.25, 0.3) is 5.91 Å². The molecule has 0 aliphatic rings. The Morgan fingerprint density at radius 2 is 1.85 bits per heavy atom. The molecule has 180 valence electrons. The molecule has 0 radical (unpaired) electrons. The molecular weight excluding hydrogens is 436 g/mol. The number of hydrogen-bond acceptors (Lipinski definition) is 9. The van der Waals surface area contributed by atoms with Crippen molar-refractivity contribution in [1.29, 1.82) is 0 Å². The summed E-state index contributed by atoms with van der Waals surface area (Å²) in [5, 5.41) is 18.8. The minimum atomic E-state index is -0.574. The van der Waals surface area contributed by atoms with Crippen LogP contribution in [0.15, 0.2) is 54.7 Å². The fourth-order valence-corrected chi connectivity index (χ4v) is 3.11. The second kappa shape index (κ2) is 11.8. The SMILES string of the molecule is CNC(=O)c1cnc(Nc2ccc(OCC(O)CN(C)C)cc2)nc1Nc1cccc(OC)c1. The highest BCUT2D eigenvalue weighted by Crippen LogP contribution is 2.25. The number of carbonyl (C=O) groups is 1. The molecule has 0 bridgehead atoms. The zero-order chi connectivity index (χ0) is 24.5. The van der Waals surface area contributed by atoms with E-state index in [-0.39, 0.29) is 12.5 Å². The van der Waals surface area contributed by atoms with Crippen molar-refractivity contribution >= 4 is 29.0 Å². The van der Waals surface area contributed by atoms with Crippen molar-refractivity contribution in [2.75, 3.05) is 52.0 Å². The van der Waals surface area contributed by atoms with Crippen LogP contribution in [0.2, 0.25) is 0 Å². The molecule has 3 aromatic rings. The molecule has 0 saturated heterocycles. The second-order valence-electron chi connectivity index (χ2n) is 7.77. The Hall–Kier alpha value is -3.89. The molecule has 1 atom stereocenters. The van der Waals surface area contributed by atoms with Crippen molar-refractivity contribution in [2.24, 2.45) is 0 Å². The summed E-state index contributed by atoms with van der Waals surface area (Å²) in [6, 6.07) is 14.5. The van der Waals surface area contributed by atoms with Crippen LogP contribution >= 0.6 is 0 Å². The number of aliphatic hydroxyl groups is 1. The topological polar surface area (TPSA) is 121 Å². The lowest BCUT2D eigenvalue weighted by atomic mass is 10.2. The highest BCUT2D eigenvalue weighted by Gasteiger charge is 2.15. The molecule has 1 amide bonds. The maximum atomic E-state index is 12.3. The van der Waals surface area contributed by atoms with Gasteiger partial charge in [-0.15, -0.1) is 0 Å². The third-order valence-corrected chi connectivity index (χ3v) is 4.72. The van der Waals surface area contributed by atoms with E-state index in [1.807, 2.05) is 49.3 Å². The van der Waals surface area contributed by atoms with E-state index in [1.165, 1.54) is 6.20 Å². The average Bonchev–Trinajstić information content (AvgIpc) is 2.83. The molecule has 1 unspecified atom stereocenters. The first kappa shape index (κ1) is 24.7. The van der Waals surface area contributed by atoms with Gasteiger partial charge in [0.15, 0.2) is 0 Å². The normalized spacial score (nSPS) is 11.6. The summed E-state index contributed by atoms with van der Waals surface area (Å²) in [6.45, 7) is 0.726. The maximum absolute atomic E-state index is 12.3. The van der Waals surface area contributed by atoms with Crippen molar-refractivity contribution < 1.29 is 19.4 Å². The zero-order valence-corrected chi connectivity index (χ0v) is 19.7. The van der Waals surface area contributed by atoms with Crippen LogP contribution in [-0.4, -0.2) is 73.4 Å². The molecule has 4 N–H and O–H groups in total. The van der Waals surface area contributed by atoms with Gasteiger partial charge in [0.05, 0.1) is 7.11 Å². The van der Waals surface area contributed by atoms with E-state index in [2.05, 4.69) is 25.9 Å². The fraction of sp³-hybridized carbons (Fsp3) is 0.292. The molecule has 0 spiro atoms. The molecule has 0 saturated carbocycles. The van der Waals surface area contributed by atoms with Crippen LogP contribution in [0.1, 0.15) is 10.4 Å². The van der Waals surface area contributed by atoms with Gasteiger partial charge < -0.3 is 35.4 Å². The Morgan fingerprint density at radius 3 is 2.53 bits per heavy atom. The van der Waals surface area contributed by atoms with Crippen LogP contribution in [0.25, 0.3) is 0 Å². The predicted molar refractivity (Wildman–Crippen MR) is 131 cm³/mol. The van der Waals surface area contributed by atoms with E-state index in [0.29, 0.717) is 41.1 Å². The number of benzene rings is 2. The van der Waals surface area contributed by atoms with Crippen LogP contribution in [0.4, 0.5) is 23.1 Å². The number of amides is 1. The van der Waals surface area contributed by atoms with Crippen molar-refractivity contribution in [1.82, 2.24) is 20.2 Å². The van der Waals surface area contributed by atoms with Crippen molar-refractivity contribution in [3.05, 3.63) is 60.3 Å². The van der Waals surface area contributed by atoms with Gasteiger partial charge in [-0.1, -0.05) is 6.07 Å². The molecule has 10 heteroatoms. The molecular formula is C24H30N6O4. The Balaban J connectivity index is 1.73. The third-order valence-electron chi connectivity index (χ3n) is 4.72. The number of ether oxygens (including phenoxy) is 2. The Labute approximate surface area is 198 Å². The standard InChI is InChI=1S/C24H30N6O4/c1-25-23(32)21-13-26-24(29-22(21)27-17-6-5-7-20(12-17)33-4)28-16-8-10-19(11-9-16)34-15-18(31)14-30(2)3/h5-13,18,31H,14-15H2,1-4H3,(H,25,32)(H2,26,27,28,29).